The van der Waals surface area contributed by atoms with Gasteiger partial charge in [-0.2, -0.15) is 0 Å². The van der Waals surface area contributed by atoms with Crippen molar-refractivity contribution in [1.29, 1.82) is 0 Å². The molecule has 0 bridgehead atoms. The second-order valence-corrected chi connectivity index (χ2v) is 5.21. The van der Waals surface area contributed by atoms with Crippen molar-refractivity contribution in [1.82, 2.24) is 0 Å². The topological polar surface area (TPSA) is 29.5 Å². The number of hydrogen-bond acceptors (Lipinski definition) is 3. The predicted octanol–water partition coefficient (Wildman–Crippen LogP) is 3.83. The molecule has 2 nitrogen and oxygen atoms in total. The molecule has 96 valence electrons. The van der Waals surface area contributed by atoms with E-state index in [1.807, 2.05) is 5.38 Å². The van der Waals surface area contributed by atoms with Crippen molar-refractivity contribution in [3.8, 4) is 5.75 Å². The van der Waals surface area contributed by atoms with Gasteiger partial charge in [0.15, 0.2) is 0 Å². The average molecular weight is 287 g/mol. The number of benzene rings is 1. The zero-order valence-corrected chi connectivity index (χ0v) is 11.3. The fourth-order valence-electron chi connectivity index (χ4n) is 1.61. The first-order chi connectivity index (χ1) is 8.60. The fraction of sp³-hybridized carbons (Fsp3) is 0.231. The molecule has 0 aliphatic heterocycles. The predicted molar refractivity (Wildman–Crippen MR) is 70.9 cm³/mol. The highest BCUT2D eigenvalue weighted by molar-refractivity contribution is 7.10. The number of aliphatic hydroxyl groups is 1. The Bertz CT molecular complexity index is 542. The Morgan fingerprint density at radius 2 is 2.22 bits per heavy atom. The van der Waals surface area contributed by atoms with E-state index in [9.17, 15) is 9.50 Å². The van der Waals surface area contributed by atoms with E-state index < -0.39 is 11.9 Å². The smallest absolute Gasteiger partial charge is 0.142 e. The van der Waals surface area contributed by atoms with Crippen molar-refractivity contribution < 1.29 is 14.2 Å². The zero-order valence-electron chi connectivity index (χ0n) is 9.69. The number of thiophene rings is 1. The van der Waals surface area contributed by atoms with Crippen LogP contribution in [0, 0.1) is 5.82 Å². The third-order valence-corrected chi connectivity index (χ3v) is 3.89. The monoisotopic (exact) mass is 286 g/mol. The minimum Gasteiger partial charge on any atom is -0.496 e. The molecule has 0 aliphatic carbocycles. The zero-order chi connectivity index (χ0) is 13.1. The molecule has 18 heavy (non-hydrogen) atoms. The Labute approximate surface area is 114 Å². The van der Waals surface area contributed by atoms with Gasteiger partial charge in [-0.1, -0.05) is 17.7 Å². The third kappa shape index (κ3) is 3.02. The van der Waals surface area contributed by atoms with Crippen LogP contribution in [-0.4, -0.2) is 12.2 Å². The van der Waals surface area contributed by atoms with Crippen LogP contribution in [0.3, 0.4) is 0 Å². The molecule has 0 saturated heterocycles. The standard InChI is InChI=1S/C13H12ClFO2S/c1-17-9-6-13(18-7-9)12(16)5-8-2-3-10(14)11(15)4-8/h2-4,6-7,12,16H,5H2,1H3. The van der Waals surface area contributed by atoms with Crippen molar-refractivity contribution in [3.63, 3.8) is 0 Å². The molecule has 0 aliphatic rings. The molecule has 0 amide bonds. The minimum absolute atomic E-state index is 0.0889. The SMILES string of the molecule is COc1csc(C(O)Cc2ccc(Cl)c(F)c2)c1. The van der Waals surface area contributed by atoms with Crippen LogP contribution >= 0.6 is 22.9 Å². The summed E-state index contributed by atoms with van der Waals surface area (Å²) in [4.78, 5) is 0.794. The Balaban J connectivity index is 2.10. The summed E-state index contributed by atoms with van der Waals surface area (Å²) >= 11 is 7.02. The molecule has 0 radical (unpaired) electrons. The number of rotatable bonds is 4. The van der Waals surface area contributed by atoms with Gasteiger partial charge in [-0.25, -0.2) is 4.39 Å². The molecule has 1 atom stereocenters. The number of hydrogen-bond donors (Lipinski definition) is 1. The summed E-state index contributed by atoms with van der Waals surface area (Å²) in [5, 5.41) is 12.0. The molecule has 1 heterocycles. The highest BCUT2D eigenvalue weighted by atomic mass is 35.5. The van der Waals surface area contributed by atoms with Crippen LogP contribution in [0.15, 0.2) is 29.6 Å². The molecular weight excluding hydrogens is 275 g/mol. The molecule has 2 rings (SSSR count). The maximum Gasteiger partial charge on any atom is 0.142 e. The minimum atomic E-state index is -0.667. The van der Waals surface area contributed by atoms with Crippen LogP contribution < -0.4 is 4.74 Å². The summed E-state index contributed by atoms with van der Waals surface area (Å²) in [6.45, 7) is 0. The van der Waals surface area contributed by atoms with Gasteiger partial charge in [0.25, 0.3) is 0 Å². The third-order valence-electron chi connectivity index (χ3n) is 2.57. The largest absolute Gasteiger partial charge is 0.496 e. The van der Waals surface area contributed by atoms with Gasteiger partial charge < -0.3 is 9.84 Å². The lowest BCUT2D eigenvalue weighted by molar-refractivity contribution is 0.182. The van der Waals surface area contributed by atoms with E-state index in [2.05, 4.69) is 0 Å². The van der Waals surface area contributed by atoms with Crippen LogP contribution in [0.5, 0.6) is 5.75 Å². The van der Waals surface area contributed by atoms with Gasteiger partial charge in [0.1, 0.15) is 11.6 Å². The van der Waals surface area contributed by atoms with Crippen LogP contribution in [0.4, 0.5) is 4.39 Å². The van der Waals surface area contributed by atoms with E-state index in [1.54, 1.807) is 19.2 Å². The summed E-state index contributed by atoms with van der Waals surface area (Å²) in [6, 6.07) is 6.32. The summed E-state index contributed by atoms with van der Waals surface area (Å²) in [7, 11) is 1.58. The van der Waals surface area contributed by atoms with Crippen LogP contribution in [0.2, 0.25) is 5.02 Å². The van der Waals surface area contributed by atoms with E-state index >= 15 is 0 Å². The summed E-state index contributed by atoms with van der Waals surface area (Å²) in [6.07, 6.45) is -0.322. The van der Waals surface area contributed by atoms with E-state index in [-0.39, 0.29) is 5.02 Å². The number of ether oxygens (including phenoxy) is 1. The highest BCUT2D eigenvalue weighted by Gasteiger charge is 2.12. The normalized spacial score (nSPS) is 12.4. The van der Waals surface area contributed by atoms with Gasteiger partial charge in [0, 0.05) is 16.7 Å². The average Bonchev–Trinajstić information content (AvgIpc) is 2.82. The first-order valence-electron chi connectivity index (χ1n) is 5.34. The Kier molecular flexibility index (Phi) is 4.22. The number of methoxy groups -OCH3 is 1. The summed E-state index contributed by atoms with van der Waals surface area (Å²) in [5.74, 6) is 0.251. The Morgan fingerprint density at radius 3 is 2.83 bits per heavy atom. The van der Waals surface area contributed by atoms with E-state index in [4.69, 9.17) is 16.3 Å². The Hall–Kier alpha value is -1.10. The van der Waals surface area contributed by atoms with Gasteiger partial charge in [0.2, 0.25) is 0 Å². The van der Waals surface area contributed by atoms with Crippen molar-refractivity contribution in [2.45, 2.75) is 12.5 Å². The fourth-order valence-corrected chi connectivity index (χ4v) is 2.57. The molecule has 1 unspecified atom stereocenters. The molecule has 5 heteroatoms. The van der Waals surface area contributed by atoms with Gasteiger partial charge in [-0.15, -0.1) is 11.3 Å². The van der Waals surface area contributed by atoms with Gasteiger partial charge in [-0.05, 0) is 23.8 Å². The summed E-state index contributed by atoms with van der Waals surface area (Å²) < 4.78 is 18.3. The van der Waals surface area contributed by atoms with Gasteiger partial charge in [0.05, 0.1) is 18.2 Å². The molecule has 0 saturated carbocycles. The molecule has 1 aromatic heterocycles. The lowest BCUT2D eigenvalue weighted by atomic mass is 10.1. The maximum absolute atomic E-state index is 13.3. The number of aliphatic hydroxyl groups excluding tert-OH is 1. The van der Waals surface area contributed by atoms with Crippen molar-refractivity contribution in [2.75, 3.05) is 7.11 Å². The first-order valence-corrected chi connectivity index (χ1v) is 6.60. The van der Waals surface area contributed by atoms with E-state index in [0.717, 1.165) is 10.6 Å². The number of halogens is 2. The van der Waals surface area contributed by atoms with Crippen LogP contribution in [0.25, 0.3) is 0 Å². The van der Waals surface area contributed by atoms with Crippen molar-refractivity contribution in [2.24, 2.45) is 0 Å². The molecule has 2 aromatic rings. The van der Waals surface area contributed by atoms with Crippen molar-refractivity contribution >= 4 is 22.9 Å². The molecular formula is C13H12ClFO2S. The molecule has 0 fully saturated rings. The van der Waals surface area contributed by atoms with E-state index in [0.29, 0.717) is 12.0 Å². The van der Waals surface area contributed by atoms with Crippen LogP contribution in [-0.2, 0) is 6.42 Å². The summed E-state index contributed by atoms with van der Waals surface area (Å²) in [5.41, 5.74) is 0.705. The highest BCUT2D eigenvalue weighted by Crippen LogP contribution is 2.29. The second kappa shape index (κ2) is 5.69. The molecule has 1 N–H and O–H groups in total. The van der Waals surface area contributed by atoms with Crippen LogP contribution in [0.1, 0.15) is 16.5 Å². The Morgan fingerprint density at radius 1 is 1.44 bits per heavy atom. The van der Waals surface area contributed by atoms with Gasteiger partial charge in [-0.3, -0.25) is 0 Å². The lowest BCUT2D eigenvalue weighted by Crippen LogP contribution is -2.00. The van der Waals surface area contributed by atoms with Crippen molar-refractivity contribution in [3.05, 3.63) is 50.9 Å². The second-order valence-electron chi connectivity index (χ2n) is 3.86. The molecule has 1 aromatic carbocycles. The lowest BCUT2D eigenvalue weighted by Gasteiger charge is -2.08. The van der Waals surface area contributed by atoms with Gasteiger partial charge >= 0.3 is 0 Å². The van der Waals surface area contributed by atoms with E-state index in [1.165, 1.54) is 23.5 Å². The first kappa shape index (κ1) is 13.3. The molecule has 0 spiro atoms. The quantitative estimate of drug-likeness (QED) is 0.926. The maximum atomic E-state index is 13.3.